The molecule has 2 aromatic carbocycles. The van der Waals surface area contributed by atoms with Crippen molar-refractivity contribution in [3.8, 4) is 11.5 Å². The van der Waals surface area contributed by atoms with Crippen LogP contribution in [0.1, 0.15) is 25.3 Å². The molecule has 1 aliphatic rings. The highest BCUT2D eigenvalue weighted by Gasteiger charge is 2.52. The average molecular weight is 399 g/mol. The Morgan fingerprint density at radius 1 is 1.21 bits per heavy atom. The standard InChI is InChI=1S/C21H25N3O5/c1-4-5-12-22-19(25)21(27)15-8-6-7-9-16(15)23-20(26)24(21)17-11-10-14(28-2)13-18(17)29-3/h6-11,13,27H,4-5,12H2,1-3H3,(H,22,25)(H,23,26). The highest BCUT2D eigenvalue weighted by Crippen LogP contribution is 2.43. The zero-order valence-electron chi connectivity index (χ0n) is 16.7. The van der Waals surface area contributed by atoms with Crippen LogP contribution >= 0.6 is 0 Å². The number of carbonyl (C=O) groups is 2. The molecule has 0 bridgehead atoms. The fourth-order valence-corrected chi connectivity index (χ4v) is 3.31. The number of anilines is 2. The van der Waals surface area contributed by atoms with Gasteiger partial charge < -0.3 is 25.2 Å². The number of rotatable bonds is 7. The van der Waals surface area contributed by atoms with E-state index in [9.17, 15) is 14.7 Å². The maximum Gasteiger partial charge on any atom is 0.329 e. The molecule has 0 fully saturated rings. The Hall–Kier alpha value is -3.26. The van der Waals surface area contributed by atoms with Crippen molar-refractivity contribution in [2.24, 2.45) is 0 Å². The van der Waals surface area contributed by atoms with Crippen molar-refractivity contribution in [2.75, 3.05) is 31.0 Å². The van der Waals surface area contributed by atoms with E-state index in [1.165, 1.54) is 14.2 Å². The first-order chi connectivity index (χ1) is 14.0. The Morgan fingerprint density at radius 2 is 1.97 bits per heavy atom. The number of benzene rings is 2. The first-order valence-electron chi connectivity index (χ1n) is 9.40. The number of nitrogens with one attached hydrogen (secondary N) is 2. The highest BCUT2D eigenvalue weighted by atomic mass is 16.5. The second-order valence-electron chi connectivity index (χ2n) is 6.63. The maximum atomic E-state index is 13.2. The van der Waals surface area contributed by atoms with Crippen LogP contribution < -0.4 is 25.0 Å². The van der Waals surface area contributed by atoms with Gasteiger partial charge in [-0.25, -0.2) is 9.69 Å². The molecule has 0 aromatic heterocycles. The van der Waals surface area contributed by atoms with Crippen molar-refractivity contribution in [3.05, 3.63) is 48.0 Å². The molecule has 0 saturated heterocycles. The van der Waals surface area contributed by atoms with Gasteiger partial charge in [-0.3, -0.25) is 4.79 Å². The number of hydrogen-bond donors (Lipinski definition) is 3. The molecular formula is C21H25N3O5. The smallest absolute Gasteiger partial charge is 0.329 e. The summed E-state index contributed by atoms with van der Waals surface area (Å²) in [6.45, 7) is 2.38. The first-order valence-corrected chi connectivity index (χ1v) is 9.40. The summed E-state index contributed by atoms with van der Waals surface area (Å²) >= 11 is 0. The third-order valence-electron chi connectivity index (χ3n) is 4.83. The van der Waals surface area contributed by atoms with Gasteiger partial charge in [0.15, 0.2) is 0 Å². The number of urea groups is 1. The molecule has 3 rings (SSSR count). The highest BCUT2D eigenvalue weighted by molar-refractivity contribution is 6.12. The molecule has 29 heavy (non-hydrogen) atoms. The number of carbonyl (C=O) groups excluding carboxylic acids is 2. The second kappa shape index (κ2) is 8.40. The third kappa shape index (κ3) is 3.58. The molecule has 1 heterocycles. The molecule has 3 N–H and O–H groups in total. The topological polar surface area (TPSA) is 100 Å². The van der Waals surface area contributed by atoms with Crippen LogP contribution in [-0.4, -0.2) is 37.8 Å². The molecule has 0 spiro atoms. The summed E-state index contributed by atoms with van der Waals surface area (Å²) in [4.78, 5) is 27.2. The van der Waals surface area contributed by atoms with Crippen LogP contribution in [0.4, 0.5) is 16.2 Å². The summed E-state index contributed by atoms with van der Waals surface area (Å²) in [6, 6.07) is 10.8. The van der Waals surface area contributed by atoms with Crippen molar-refractivity contribution in [2.45, 2.75) is 25.5 Å². The van der Waals surface area contributed by atoms with E-state index in [2.05, 4.69) is 10.6 Å². The molecule has 0 radical (unpaired) electrons. The van der Waals surface area contributed by atoms with E-state index in [0.29, 0.717) is 18.0 Å². The lowest BCUT2D eigenvalue weighted by Gasteiger charge is -2.43. The van der Waals surface area contributed by atoms with Crippen molar-refractivity contribution in [1.82, 2.24) is 5.32 Å². The van der Waals surface area contributed by atoms with Gasteiger partial charge in [0.1, 0.15) is 11.5 Å². The summed E-state index contributed by atoms with van der Waals surface area (Å²) < 4.78 is 10.6. The molecular weight excluding hydrogens is 374 g/mol. The summed E-state index contributed by atoms with van der Waals surface area (Å²) in [7, 11) is 2.95. The fourth-order valence-electron chi connectivity index (χ4n) is 3.31. The van der Waals surface area contributed by atoms with Crippen molar-refractivity contribution >= 4 is 23.3 Å². The van der Waals surface area contributed by atoms with Gasteiger partial charge in [-0.1, -0.05) is 31.5 Å². The molecule has 1 atom stereocenters. The normalized spacial score (nSPS) is 17.9. The number of para-hydroxylation sites is 1. The van der Waals surface area contributed by atoms with Gasteiger partial charge in [-0.15, -0.1) is 0 Å². The number of fused-ring (bicyclic) bond motifs is 1. The minimum Gasteiger partial charge on any atom is -0.497 e. The van der Waals surface area contributed by atoms with E-state index < -0.39 is 17.7 Å². The number of methoxy groups -OCH3 is 2. The van der Waals surface area contributed by atoms with Gasteiger partial charge in [0, 0.05) is 18.2 Å². The molecule has 8 nitrogen and oxygen atoms in total. The first kappa shape index (κ1) is 20.5. The maximum absolute atomic E-state index is 13.2. The fraction of sp³-hybridized carbons (Fsp3) is 0.333. The number of unbranched alkanes of at least 4 members (excludes halogenated alkanes) is 1. The molecule has 1 aliphatic heterocycles. The van der Waals surface area contributed by atoms with E-state index in [1.807, 2.05) is 6.92 Å². The Kier molecular flexibility index (Phi) is 5.93. The lowest BCUT2D eigenvalue weighted by molar-refractivity contribution is -0.140. The molecule has 0 saturated carbocycles. The minimum atomic E-state index is -2.26. The molecule has 3 amide bonds. The van der Waals surface area contributed by atoms with Gasteiger partial charge in [0.25, 0.3) is 11.6 Å². The van der Waals surface area contributed by atoms with Crippen LogP contribution in [0.2, 0.25) is 0 Å². The number of nitrogens with zero attached hydrogens (tertiary/aromatic N) is 1. The summed E-state index contributed by atoms with van der Waals surface area (Å²) in [5.74, 6) is 0.101. The SMILES string of the molecule is CCCCNC(=O)C1(O)c2ccccc2NC(=O)N1c1ccc(OC)cc1OC. The number of aliphatic hydroxyl groups is 1. The average Bonchev–Trinajstić information content (AvgIpc) is 2.73. The number of ether oxygens (including phenoxy) is 2. The summed E-state index contributed by atoms with van der Waals surface area (Å²) in [6.07, 6.45) is 1.63. The summed E-state index contributed by atoms with van der Waals surface area (Å²) in [5.41, 5.74) is -1.39. The Bertz CT molecular complexity index is 917. The van der Waals surface area contributed by atoms with Gasteiger partial charge in [0.05, 0.1) is 25.6 Å². The van der Waals surface area contributed by atoms with Crippen LogP contribution in [-0.2, 0) is 10.5 Å². The largest absolute Gasteiger partial charge is 0.497 e. The van der Waals surface area contributed by atoms with E-state index in [-0.39, 0.29) is 17.0 Å². The molecule has 0 aliphatic carbocycles. The van der Waals surface area contributed by atoms with Gasteiger partial charge in [0.2, 0.25) is 0 Å². The molecule has 154 valence electrons. The monoisotopic (exact) mass is 399 g/mol. The lowest BCUT2D eigenvalue weighted by atomic mass is 9.94. The van der Waals surface area contributed by atoms with Gasteiger partial charge in [-0.2, -0.15) is 0 Å². The van der Waals surface area contributed by atoms with E-state index in [4.69, 9.17) is 9.47 Å². The second-order valence-corrected chi connectivity index (χ2v) is 6.63. The van der Waals surface area contributed by atoms with Gasteiger partial charge in [-0.05, 0) is 24.6 Å². The van der Waals surface area contributed by atoms with E-state index in [0.717, 1.165) is 17.7 Å². The Morgan fingerprint density at radius 3 is 2.66 bits per heavy atom. The lowest BCUT2D eigenvalue weighted by Crippen LogP contribution is -2.62. The van der Waals surface area contributed by atoms with Crippen LogP contribution in [0.15, 0.2) is 42.5 Å². The minimum absolute atomic E-state index is 0.230. The predicted molar refractivity (Wildman–Crippen MR) is 109 cm³/mol. The Balaban J connectivity index is 2.16. The molecule has 8 heteroatoms. The zero-order valence-corrected chi connectivity index (χ0v) is 16.7. The van der Waals surface area contributed by atoms with Crippen molar-refractivity contribution in [3.63, 3.8) is 0 Å². The third-order valence-corrected chi connectivity index (χ3v) is 4.83. The van der Waals surface area contributed by atoms with Crippen LogP contribution in [0.3, 0.4) is 0 Å². The Labute approximate surface area is 169 Å². The number of hydrogen-bond acceptors (Lipinski definition) is 5. The predicted octanol–water partition coefficient (Wildman–Crippen LogP) is 2.82. The summed E-state index contributed by atoms with van der Waals surface area (Å²) in [5, 5.41) is 17.2. The van der Waals surface area contributed by atoms with Crippen LogP contribution in [0.5, 0.6) is 11.5 Å². The van der Waals surface area contributed by atoms with E-state index in [1.54, 1.807) is 42.5 Å². The van der Waals surface area contributed by atoms with E-state index >= 15 is 0 Å². The quantitative estimate of drug-likeness (QED) is 0.622. The molecule has 1 unspecified atom stereocenters. The van der Waals surface area contributed by atoms with Gasteiger partial charge >= 0.3 is 6.03 Å². The zero-order chi connectivity index (χ0) is 21.0. The number of amides is 3. The van der Waals surface area contributed by atoms with Crippen molar-refractivity contribution < 1.29 is 24.2 Å². The molecule has 2 aromatic rings. The van der Waals surface area contributed by atoms with Crippen LogP contribution in [0, 0.1) is 0 Å². The van der Waals surface area contributed by atoms with Crippen LogP contribution in [0.25, 0.3) is 0 Å². The van der Waals surface area contributed by atoms with Crippen molar-refractivity contribution in [1.29, 1.82) is 0 Å².